The van der Waals surface area contributed by atoms with Gasteiger partial charge in [-0.25, -0.2) is 0 Å². The van der Waals surface area contributed by atoms with Gasteiger partial charge in [0.15, 0.2) is 0 Å². The molecule has 1 saturated heterocycles. The molecule has 116 valence electrons. The zero-order valence-electron chi connectivity index (χ0n) is 13.2. The third-order valence-corrected chi connectivity index (χ3v) is 6.33. The number of likely N-dealkylation sites (tertiary alicyclic amines) is 1. The van der Waals surface area contributed by atoms with Gasteiger partial charge in [-0.3, -0.25) is 0 Å². The van der Waals surface area contributed by atoms with Crippen molar-refractivity contribution in [3.8, 4) is 0 Å². The molecule has 0 aromatic rings. The Morgan fingerprint density at radius 2 is 1.45 bits per heavy atom. The van der Waals surface area contributed by atoms with Crippen molar-refractivity contribution in [1.29, 1.82) is 0 Å². The molecule has 2 saturated carbocycles. The fourth-order valence-electron chi connectivity index (χ4n) is 5.11. The van der Waals surface area contributed by atoms with Gasteiger partial charge in [0.05, 0.1) is 5.60 Å². The average Bonchev–Trinajstić information content (AvgIpc) is 2.69. The van der Waals surface area contributed by atoms with Crippen LogP contribution in [0.4, 0.5) is 0 Å². The lowest BCUT2D eigenvalue weighted by Gasteiger charge is -2.41. The van der Waals surface area contributed by atoms with Crippen molar-refractivity contribution >= 4 is 0 Å². The van der Waals surface area contributed by atoms with Crippen molar-refractivity contribution in [3.05, 3.63) is 0 Å². The maximum atomic E-state index is 11.4. The molecule has 0 amide bonds. The normalized spacial score (nSPS) is 38.0. The Morgan fingerprint density at radius 1 is 0.800 bits per heavy atom. The maximum Gasteiger partial charge on any atom is 0.0716 e. The Labute approximate surface area is 124 Å². The summed E-state index contributed by atoms with van der Waals surface area (Å²) in [5, 5.41) is 11.4. The summed E-state index contributed by atoms with van der Waals surface area (Å²) in [5.74, 6) is 1.17. The van der Waals surface area contributed by atoms with Crippen LogP contribution in [0.5, 0.6) is 0 Å². The second-order valence-electron chi connectivity index (χ2n) is 7.63. The molecular formula is C18H33NO. The summed E-state index contributed by atoms with van der Waals surface area (Å²) in [4.78, 5) is 2.66. The fourth-order valence-corrected chi connectivity index (χ4v) is 5.11. The van der Waals surface area contributed by atoms with Crippen molar-refractivity contribution in [3.63, 3.8) is 0 Å². The van der Waals surface area contributed by atoms with Crippen LogP contribution in [0, 0.1) is 11.8 Å². The molecule has 2 nitrogen and oxygen atoms in total. The van der Waals surface area contributed by atoms with Gasteiger partial charge in [-0.2, -0.15) is 0 Å². The minimum atomic E-state index is -0.313. The van der Waals surface area contributed by atoms with Crippen molar-refractivity contribution in [2.45, 2.75) is 82.7 Å². The molecule has 3 rings (SSSR count). The SMILES string of the molecule is OC1(C2CCCCC2)CCCC1CN1CCCCCC1. The van der Waals surface area contributed by atoms with Crippen molar-refractivity contribution in [2.75, 3.05) is 19.6 Å². The first-order chi connectivity index (χ1) is 9.79. The molecule has 0 aromatic carbocycles. The van der Waals surface area contributed by atoms with E-state index in [1.54, 1.807) is 0 Å². The molecule has 0 aromatic heterocycles. The van der Waals surface area contributed by atoms with Gasteiger partial charge in [0, 0.05) is 12.5 Å². The highest BCUT2D eigenvalue weighted by Gasteiger charge is 2.47. The minimum absolute atomic E-state index is 0.313. The molecule has 2 heteroatoms. The summed E-state index contributed by atoms with van der Waals surface area (Å²) < 4.78 is 0. The Bertz CT molecular complexity index is 292. The van der Waals surface area contributed by atoms with E-state index in [0.717, 1.165) is 6.42 Å². The molecule has 2 unspecified atom stereocenters. The molecule has 3 fully saturated rings. The molecule has 1 aliphatic heterocycles. The third kappa shape index (κ3) is 3.22. The van der Waals surface area contributed by atoms with E-state index in [9.17, 15) is 5.11 Å². The van der Waals surface area contributed by atoms with Gasteiger partial charge in [-0.05, 0) is 57.5 Å². The summed E-state index contributed by atoms with van der Waals surface area (Å²) in [6.45, 7) is 3.72. The van der Waals surface area contributed by atoms with E-state index in [-0.39, 0.29) is 5.60 Å². The van der Waals surface area contributed by atoms with E-state index in [2.05, 4.69) is 4.90 Å². The molecule has 20 heavy (non-hydrogen) atoms. The van der Waals surface area contributed by atoms with Crippen LogP contribution >= 0.6 is 0 Å². The average molecular weight is 279 g/mol. The standard InChI is InChI=1S/C18H33NO/c20-18(16-9-4-3-5-10-16)12-8-11-17(18)15-19-13-6-1-2-7-14-19/h16-17,20H,1-15H2. The van der Waals surface area contributed by atoms with Crippen LogP contribution in [0.15, 0.2) is 0 Å². The highest BCUT2D eigenvalue weighted by Crippen LogP contribution is 2.46. The summed E-state index contributed by atoms with van der Waals surface area (Å²) in [6.07, 6.45) is 15.8. The van der Waals surface area contributed by atoms with Crippen molar-refractivity contribution in [2.24, 2.45) is 11.8 Å². The first-order valence-corrected chi connectivity index (χ1v) is 9.24. The fraction of sp³-hybridized carbons (Fsp3) is 1.00. The lowest BCUT2D eigenvalue weighted by Crippen LogP contribution is -2.47. The predicted octanol–water partition coefficient (Wildman–Crippen LogP) is 3.97. The Morgan fingerprint density at radius 3 is 2.15 bits per heavy atom. The molecule has 1 heterocycles. The summed E-state index contributed by atoms with van der Waals surface area (Å²) in [5.41, 5.74) is -0.313. The second kappa shape index (κ2) is 6.79. The van der Waals surface area contributed by atoms with Gasteiger partial charge in [-0.15, -0.1) is 0 Å². The van der Waals surface area contributed by atoms with Crippen LogP contribution in [0.3, 0.4) is 0 Å². The maximum absolute atomic E-state index is 11.4. The van der Waals surface area contributed by atoms with Crippen LogP contribution in [0.25, 0.3) is 0 Å². The molecular weight excluding hydrogens is 246 g/mol. The van der Waals surface area contributed by atoms with Gasteiger partial charge < -0.3 is 10.0 Å². The van der Waals surface area contributed by atoms with E-state index in [1.165, 1.54) is 90.3 Å². The molecule has 2 atom stereocenters. The van der Waals surface area contributed by atoms with Gasteiger partial charge in [-0.1, -0.05) is 38.5 Å². The van der Waals surface area contributed by atoms with E-state index in [4.69, 9.17) is 0 Å². The lowest BCUT2D eigenvalue weighted by atomic mass is 9.71. The van der Waals surface area contributed by atoms with Gasteiger partial charge >= 0.3 is 0 Å². The molecule has 2 aliphatic carbocycles. The Balaban J connectivity index is 1.61. The summed E-state index contributed by atoms with van der Waals surface area (Å²) in [6, 6.07) is 0. The molecule has 0 bridgehead atoms. The topological polar surface area (TPSA) is 23.5 Å². The van der Waals surface area contributed by atoms with Crippen molar-refractivity contribution < 1.29 is 5.11 Å². The monoisotopic (exact) mass is 279 g/mol. The number of hydrogen-bond donors (Lipinski definition) is 1. The number of hydrogen-bond acceptors (Lipinski definition) is 2. The number of aliphatic hydroxyl groups is 1. The second-order valence-corrected chi connectivity index (χ2v) is 7.63. The van der Waals surface area contributed by atoms with E-state index in [0.29, 0.717) is 11.8 Å². The molecule has 3 aliphatic rings. The highest BCUT2D eigenvalue weighted by atomic mass is 16.3. The van der Waals surface area contributed by atoms with E-state index >= 15 is 0 Å². The van der Waals surface area contributed by atoms with Crippen LogP contribution < -0.4 is 0 Å². The van der Waals surface area contributed by atoms with E-state index in [1.807, 2.05) is 0 Å². The van der Waals surface area contributed by atoms with Crippen LogP contribution in [-0.2, 0) is 0 Å². The van der Waals surface area contributed by atoms with Crippen LogP contribution in [0.1, 0.15) is 77.0 Å². The first kappa shape index (κ1) is 14.8. The third-order valence-electron chi connectivity index (χ3n) is 6.33. The van der Waals surface area contributed by atoms with Gasteiger partial charge in [0.2, 0.25) is 0 Å². The number of nitrogens with zero attached hydrogens (tertiary/aromatic N) is 1. The lowest BCUT2D eigenvalue weighted by molar-refractivity contribution is -0.0717. The van der Waals surface area contributed by atoms with Crippen LogP contribution in [0.2, 0.25) is 0 Å². The van der Waals surface area contributed by atoms with Gasteiger partial charge in [0.1, 0.15) is 0 Å². The highest BCUT2D eigenvalue weighted by molar-refractivity contribution is 4.99. The van der Waals surface area contributed by atoms with Gasteiger partial charge in [0.25, 0.3) is 0 Å². The Kier molecular flexibility index (Phi) is 5.04. The number of rotatable bonds is 3. The quantitative estimate of drug-likeness (QED) is 0.845. The Hall–Kier alpha value is -0.0800. The zero-order chi connectivity index (χ0) is 13.8. The summed E-state index contributed by atoms with van der Waals surface area (Å²) >= 11 is 0. The minimum Gasteiger partial charge on any atom is -0.389 e. The zero-order valence-corrected chi connectivity index (χ0v) is 13.2. The smallest absolute Gasteiger partial charge is 0.0716 e. The molecule has 0 radical (unpaired) electrons. The van der Waals surface area contributed by atoms with Crippen LogP contribution in [-0.4, -0.2) is 35.2 Å². The first-order valence-electron chi connectivity index (χ1n) is 9.24. The predicted molar refractivity (Wildman–Crippen MR) is 83.8 cm³/mol. The largest absolute Gasteiger partial charge is 0.389 e. The van der Waals surface area contributed by atoms with Crippen molar-refractivity contribution in [1.82, 2.24) is 4.90 Å². The molecule has 0 spiro atoms. The summed E-state index contributed by atoms with van der Waals surface area (Å²) in [7, 11) is 0. The molecule has 1 N–H and O–H groups in total. The van der Waals surface area contributed by atoms with E-state index < -0.39 is 0 Å².